The molecule has 0 atom stereocenters. The standard InChI is InChI=1S/C17H20N2OS/c1-17(2,3)20-14-8-6-13(7-9-14)15-5-4-10-19-11-12-21-18-16(15)19/h4-10H,11-12H2,1-3H3. The van der Waals surface area contributed by atoms with Crippen molar-refractivity contribution in [3.8, 4) is 5.75 Å². The Labute approximate surface area is 130 Å². The molecular formula is C17H20N2OS. The second kappa shape index (κ2) is 5.60. The van der Waals surface area contributed by atoms with Crippen molar-refractivity contribution in [2.75, 3.05) is 12.3 Å². The number of nitrogens with zero attached hydrogens (tertiary/aromatic N) is 2. The number of fused-ring (bicyclic) bond motifs is 1. The molecule has 0 aromatic heterocycles. The first-order valence-electron chi connectivity index (χ1n) is 7.18. The number of rotatable bonds is 2. The normalized spacial score (nSPS) is 18.0. The number of allylic oxidation sites excluding steroid dienone is 2. The zero-order valence-corrected chi connectivity index (χ0v) is 13.5. The van der Waals surface area contributed by atoms with Crippen molar-refractivity contribution in [2.45, 2.75) is 26.4 Å². The maximum Gasteiger partial charge on any atom is 0.148 e. The summed E-state index contributed by atoms with van der Waals surface area (Å²) in [5.74, 6) is 2.99. The van der Waals surface area contributed by atoms with Gasteiger partial charge in [-0.05, 0) is 62.6 Å². The Morgan fingerprint density at radius 3 is 2.67 bits per heavy atom. The Kier molecular flexibility index (Phi) is 3.81. The maximum absolute atomic E-state index is 5.87. The van der Waals surface area contributed by atoms with Crippen LogP contribution in [0.2, 0.25) is 0 Å². The van der Waals surface area contributed by atoms with E-state index in [1.807, 2.05) is 12.1 Å². The molecule has 1 aromatic carbocycles. The lowest BCUT2D eigenvalue weighted by Crippen LogP contribution is -2.32. The van der Waals surface area contributed by atoms with Crippen molar-refractivity contribution in [2.24, 2.45) is 4.40 Å². The van der Waals surface area contributed by atoms with Crippen molar-refractivity contribution in [3.05, 3.63) is 48.2 Å². The molecule has 2 aliphatic heterocycles. The van der Waals surface area contributed by atoms with Crippen molar-refractivity contribution in [3.63, 3.8) is 0 Å². The molecular weight excluding hydrogens is 280 g/mol. The predicted molar refractivity (Wildman–Crippen MR) is 90.5 cm³/mol. The van der Waals surface area contributed by atoms with Gasteiger partial charge in [-0.3, -0.25) is 0 Å². The average molecular weight is 300 g/mol. The molecule has 0 N–H and O–H groups in total. The summed E-state index contributed by atoms with van der Waals surface area (Å²) in [7, 11) is 0. The van der Waals surface area contributed by atoms with Gasteiger partial charge in [0.2, 0.25) is 0 Å². The Hall–Kier alpha value is -1.68. The smallest absolute Gasteiger partial charge is 0.148 e. The molecule has 2 aliphatic rings. The summed E-state index contributed by atoms with van der Waals surface area (Å²) in [6.45, 7) is 7.19. The molecule has 3 nitrogen and oxygen atoms in total. The largest absolute Gasteiger partial charge is 0.488 e. The minimum absolute atomic E-state index is 0.171. The van der Waals surface area contributed by atoms with Gasteiger partial charge in [0.1, 0.15) is 17.2 Å². The molecule has 21 heavy (non-hydrogen) atoms. The van der Waals surface area contributed by atoms with Gasteiger partial charge in [-0.25, -0.2) is 0 Å². The molecule has 0 radical (unpaired) electrons. The SMILES string of the molecule is CC(C)(C)Oc1ccc(C2=CC=CN3CCSN=C23)cc1. The first kappa shape index (κ1) is 14.3. The van der Waals surface area contributed by atoms with Gasteiger partial charge < -0.3 is 9.64 Å². The summed E-state index contributed by atoms with van der Waals surface area (Å²) in [6.07, 6.45) is 6.31. The van der Waals surface area contributed by atoms with E-state index in [4.69, 9.17) is 4.74 Å². The lowest BCUT2D eigenvalue weighted by Gasteiger charge is -2.29. The lowest BCUT2D eigenvalue weighted by molar-refractivity contribution is 0.131. The topological polar surface area (TPSA) is 24.8 Å². The van der Waals surface area contributed by atoms with E-state index in [9.17, 15) is 0 Å². The highest BCUT2D eigenvalue weighted by Crippen LogP contribution is 2.28. The van der Waals surface area contributed by atoms with Crippen LogP contribution >= 0.6 is 11.9 Å². The molecule has 0 bridgehead atoms. The average Bonchev–Trinajstić information content (AvgIpc) is 2.46. The van der Waals surface area contributed by atoms with Crippen LogP contribution in [-0.4, -0.2) is 28.6 Å². The van der Waals surface area contributed by atoms with Crippen molar-refractivity contribution < 1.29 is 4.74 Å². The molecule has 4 heteroatoms. The summed E-state index contributed by atoms with van der Waals surface area (Å²) in [5.41, 5.74) is 2.17. The van der Waals surface area contributed by atoms with Crippen LogP contribution in [0.1, 0.15) is 26.3 Å². The van der Waals surface area contributed by atoms with E-state index in [0.29, 0.717) is 0 Å². The van der Waals surface area contributed by atoms with Crippen LogP contribution in [0.4, 0.5) is 0 Å². The van der Waals surface area contributed by atoms with E-state index < -0.39 is 0 Å². The molecule has 0 saturated carbocycles. The zero-order chi connectivity index (χ0) is 14.9. The molecule has 0 fully saturated rings. The summed E-state index contributed by atoms with van der Waals surface area (Å²) >= 11 is 1.64. The fourth-order valence-electron chi connectivity index (χ4n) is 2.35. The second-order valence-corrected chi connectivity index (χ2v) is 6.95. The highest BCUT2D eigenvalue weighted by atomic mass is 32.2. The van der Waals surface area contributed by atoms with Crippen molar-refractivity contribution >= 4 is 23.4 Å². The third-order valence-corrected chi connectivity index (χ3v) is 3.87. The van der Waals surface area contributed by atoms with Crippen LogP contribution in [0, 0.1) is 0 Å². The fraction of sp³-hybridized carbons (Fsp3) is 0.353. The van der Waals surface area contributed by atoms with Crippen LogP contribution < -0.4 is 4.74 Å². The third-order valence-electron chi connectivity index (χ3n) is 3.21. The number of amidine groups is 1. The Morgan fingerprint density at radius 1 is 1.19 bits per heavy atom. The summed E-state index contributed by atoms with van der Waals surface area (Å²) < 4.78 is 10.5. The van der Waals surface area contributed by atoms with Crippen molar-refractivity contribution in [1.82, 2.24) is 4.90 Å². The molecule has 0 aliphatic carbocycles. The summed E-state index contributed by atoms with van der Waals surface area (Å²) in [5, 5.41) is 0. The summed E-state index contributed by atoms with van der Waals surface area (Å²) in [4.78, 5) is 2.21. The number of hydrogen-bond acceptors (Lipinski definition) is 4. The molecule has 0 amide bonds. The predicted octanol–water partition coefficient (Wildman–Crippen LogP) is 4.14. The van der Waals surface area contributed by atoms with Gasteiger partial charge in [0, 0.05) is 24.1 Å². The van der Waals surface area contributed by atoms with Crippen LogP contribution in [0.5, 0.6) is 5.75 Å². The third kappa shape index (κ3) is 3.32. The van der Waals surface area contributed by atoms with E-state index in [1.54, 1.807) is 11.9 Å². The second-order valence-electron chi connectivity index (χ2n) is 6.10. The van der Waals surface area contributed by atoms with Gasteiger partial charge >= 0.3 is 0 Å². The number of benzene rings is 1. The van der Waals surface area contributed by atoms with E-state index in [2.05, 4.69) is 60.6 Å². The van der Waals surface area contributed by atoms with E-state index in [-0.39, 0.29) is 5.60 Å². The Morgan fingerprint density at radius 2 is 1.95 bits per heavy atom. The highest BCUT2D eigenvalue weighted by Gasteiger charge is 2.21. The van der Waals surface area contributed by atoms with Crippen LogP contribution in [-0.2, 0) is 0 Å². The van der Waals surface area contributed by atoms with Gasteiger partial charge in [0.15, 0.2) is 0 Å². The monoisotopic (exact) mass is 300 g/mol. The van der Waals surface area contributed by atoms with E-state index in [1.165, 1.54) is 11.1 Å². The minimum atomic E-state index is -0.171. The van der Waals surface area contributed by atoms with Gasteiger partial charge in [0.05, 0.1) is 0 Å². The van der Waals surface area contributed by atoms with Crippen LogP contribution in [0.3, 0.4) is 0 Å². The first-order chi connectivity index (χ1) is 10.0. The minimum Gasteiger partial charge on any atom is -0.488 e. The van der Waals surface area contributed by atoms with Crippen LogP contribution in [0.15, 0.2) is 47.0 Å². The molecule has 0 unspecified atom stereocenters. The Bertz CT molecular complexity index is 609. The molecule has 110 valence electrons. The Balaban J connectivity index is 1.85. The van der Waals surface area contributed by atoms with Gasteiger partial charge in [0.25, 0.3) is 0 Å². The van der Waals surface area contributed by atoms with Crippen LogP contribution in [0.25, 0.3) is 5.57 Å². The van der Waals surface area contributed by atoms with Gasteiger partial charge in [-0.15, -0.1) is 0 Å². The molecule has 0 saturated heterocycles. The quantitative estimate of drug-likeness (QED) is 0.768. The molecule has 3 rings (SSSR count). The fourth-order valence-corrected chi connectivity index (χ4v) is 3.05. The number of ether oxygens (including phenoxy) is 1. The molecule has 0 spiro atoms. The van der Waals surface area contributed by atoms with E-state index >= 15 is 0 Å². The lowest BCUT2D eigenvalue weighted by atomic mass is 10.0. The molecule has 1 aromatic rings. The highest BCUT2D eigenvalue weighted by molar-refractivity contribution is 7.98. The first-order valence-corrected chi connectivity index (χ1v) is 8.12. The number of hydrogen-bond donors (Lipinski definition) is 0. The van der Waals surface area contributed by atoms with E-state index in [0.717, 1.165) is 23.9 Å². The van der Waals surface area contributed by atoms with Gasteiger partial charge in [-0.2, -0.15) is 4.40 Å². The van der Waals surface area contributed by atoms with Crippen molar-refractivity contribution in [1.29, 1.82) is 0 Å². The summed E-state index contributed by atoms with van der Waals surface area (Å²) in [6, 6.07) is 8.26. The maximum atomic E-state index is 5.87. The van der Waals surface area contributed by atoms with Gasteiger partial charge in [-0.1, -0.05) is 12.1 Å². The zero-order valence-electron chi connectivity index (χ0n) is 12.7. The molecule has 2 heterocycles.